The van der Waals surface area contributed by atoms with Crippen LogP contribution in [0.3, 0.4) is 0 Å². The summed E-state index contributed by atoms with van der Waals surface area (Å²) in [7, 11) is 2.11. The van der Waals surface area contributed by atoms with E-state index in [1.54, 1.807) is 0 Å². The van der Waals surface area contributed by atoms with Gasteiger partial charge in [0.25, 0.3) is 0 Å². The van der Waals surface area contributed by atoms with Crippen molar-refractivity contribution in [2.24, 2.45) is 0 Å². The number of carbonyl (C=O) groups excluding carboxylic acids is 1. The zero-order valence-corrected chi connectivity index (χ0v) is 15.6. The Hall–Kier alpha value is -1.75. The van der Waals surface area contributed by atoms with Crippen LogP contribution < -0.4 is 10.2 Å². The zero-order valence-electron chi connectivity index (χ0n) is 15.6. The van der Waals surface area contributed by atoms with E-state index < -0.39 is 0 Å². The maximum atomic E-state index is 12.3. The second kappa shape index (κ2) is 8.92. The molecule has 1 heterocycles. The molecule has 0 atom stereocenters. The molecule has 5 heteroatoms. The zero-order chi connectivity index (χ0) is 17.5. The van der Waals surface area contributed by atoms with Gasteiger partial charge in [-0.05, 0) is 51.6 Å². The van der Waals surface area contributed by atoms with Crippen molar-refractivity contribution in [1.82, 2.24) is 9.80 Å². The second-order valence-electron chi connectivity index (χ2n) is 6.53. The van der Waals surface area contributed by atoms with Gasteiger partial charge < -0.3 is 20.0 Å². The lowest BCUT2D eigenvalue weighted by atomic mass is 10.1. The van der Waals surface area contributed by atoms with Crippen molar-refractivity contribution in [3.63, 3.8) is 0 Å². The monoisotopic (exact) mass is 332 g/mol. The molecule has 0 aliphatic carbocycles. The van der Waals surface area contributed by atoms with Crippen molar-refractivity contribution in [2.45, 2.75) is 27.2 Å². The molecule has 2 rings (SSSR count). The van der Waals surface area contributed by atoms with Gasteiger partial charge in [0.1, 0.15) is 0 Å². The van der Waals surface area contributed by atoms with Crippen molar-refractivity contribution in [3.8, 4) is 0 Å². The van der Waals surface area contributed by atoms with Crippen LogP contribution in [0, 0.1) is 6.92 Å². The van der Waals surface area contributed by atoms with E-state index in [4.69, 9.17) is 0 Å². The molecule has 1 aliphatic rings. The van der Waals surface area contributed by atoms with Crippen LogP contribution in [0.2, 0.25) is 0 Å². The predicted octanol–water partition coefficient (Wildman–Crippen LogP) is 2.42. The lowest BCUT2D eigenvalue weighted by molar-refractivity contribution is -0.132. The number of piperazine rings is 1. The molecule has 1 fully saturated rings. The van der Waals surface area contributed by atoms with Gasteiger partial charge in [-0.2, -0.15) is 0 Å². The standard InChI is InChI=1S/C19H32N4O/c1-5-22(6-2)17-7-8-18(16(3)15-17)20-10-9-19(24)23-13-11-21(4)12-14-23/h7-8,15,20H,5-6,9-14H2,1-4H3. The number of rotatable bonds is 7. The first-order chi connectivity index (χ1) is 11.5. The fourth-order valence-corrected chi connectivity index (χ4v) is 3.15. The van der Waals surface area contributed by atoms with Gasteiger partial charge in [-0.3, -0.25) is 4.79 Å². The Balaban J connectivity index is 1.82. The van der Waals surface area contributed by atoms with Crippen molar-refractivity contribution in [2.75, 3.05) is 63.1 Å². The van der Waals surface area contributed by atoms with E-state index in [2.05, 4.69) is 61.1 Å². The molecule has 0 saturated carbocycles. The van der Waals surface area contributed by atoms with E-state index in [0.29, 0.717) is 13.0 Å². The molecule has 0 aromatic heterocycles. The minimum Gasteiger partial charge on any atom is -0.384 e. The van der Waals surface area contributed by atoms with Crippen molar-refractivity contribution in [3.05, 3.63) is 23.8 Å². The second-order valence-corrected chi connectivity index (χ2v) is 6.53. The molecule has 134 valence electrons. The van der Waals surface area contributed by atoms with Crippen LogP contribution in [0.15, 0.2) is 18.2 Å². The molecule has 24 heavy (non-hydrogen) atoms. The Morgan fingerprint density at radius 1 is 1.17 bits per heavy atom. The van der Waals surface area contributed by atoms with Gasteiger partial charge in [0, 0.05) is 63.6 Å². The maximum absolute atomic E-state index is 12.3. The number of amides is 1. The molecule has 0 spiro atoms. The van der Waals surface area contributed by atoms with Crippen molar-refractivity contribution >= 4 is 17.3 Å². The van der Waals surface area contributed by atoms with E-state index in [9.17, 15) is 4.79 Å². The highest BCUT2D eigenvalue weighted by Gasteiger charge is 2.18. The van der Waals surface area contributed by atoms with Crippen LogP contribution in [-0.4, -0.2) is 68.6 Å². The van der Waals surface area contributed by atoms with Crippen LogP contribution in [0.25, 0.3) is 0 Å². The number of hydrogen-bond acceptors (Lipinski definition) is 4. The molecule has 0 bridgehead atoms. The number of carbonyl (C=O) groups is 1. The van der Waals surface area contributed by atoms with E-state index in [1.165, 1.54) is 11.3 Å². The summed E-state index contributed by atoms with van der Waals surface area (Å²) in [5.41, 5.74) is 3.61. The SMILES string of the molecule is CCN(CC)c1ccc(NCCC(=O)N2CCN(C)CC2)c(C)c1. The number of benzene rings is 1. The van der Waals surface area contributed by atoms with Crippen LogP contribution in [0.4, 0.5) is 11.4 Å². The highest BCUT2D eigenvalue weighted by molar-refractivity contribution is 5.77. The summed E-state index contributed by atoms with van der Waals surface area (Å²) < 4.78 is 0. The predicted molar refractivity (Wildman–Crippen MR) is 102 cm³/mol. The fraction of sp³-hybridized carbons (Fsp3) is 0.632. The summed E-state index contributed by atoms with van der Waals surface area (Å²) in [6.07, 6.45) is 0.556. The van der Waals surface area contributed by atoms with Gasteiger partial charge in [-0.25, -0.2) is 0 Å². The molecule has 1 aliphatic heterocycles. The quantitative estimate of drug-likeness (QED) is 0.832. The Morgan fingerprint density at radius 3 is 2.42 bits per heavy atom. The molecule has 1 aromatic rings. The molecule has 5 nitrogen and oxygen atoms in total. The third-order valence-corrected chi connectivity index (χ3v) is 4.85. The molecule has 1 amide bonds. The number of aryl methyl sites for hydroxylation is 1. The molecular weight excluding hydrogens is 300 g/mol. The van der Waals surface area contributed by atoms with Gasteiger partial charge >= 0.3 is 0 Å². The molecule has 0 unspecified atom stereocenters. The highest BCUT2D eigenvalue weighted by Crippen LogP contribution is 2.22. The van der Waals surface area contributed by atoms with Crippen LogP contribution in [0.5, 0.6) is 0 Å². The van der Waals surface area contributed by atoms with Gasteiger partial charge in [-0.1, -0.05) is 0 Å². The first-order valence-electron chi connectivity index (χ1n) is 9.11. The first kappa shape index (κ1) is 18.6. The lowest BCUT2D eigenvalue weighted by Gasteiger charge is -2.32. The van der Waals surface area contributed by atoms with Crippen molar-refractivity contribution < 1.29 is 4.79 Å². The van der Waals surface area contributed by atoms with Gasteiger partial charge in [0.05, 0.1) is 0 Å². The third kappa shape index (κ3) is 4.87. The summed E-state index contributed by atoms with van der Waals surface area (Å²) in [5, 5.41) is 3.42. The average Bonchev–Trinajstić information content (AvgIpc) is 2.58. The molecule has 1 aromatic carbocycles. The Kier molecular flexibility index (Phi) is 6.91. The Labute approximate surface area is 146 Å². The molecular formula is C19H32N4O. The summed E-state index contributed by atoms with van der Waals surface area (Å²) in [4.78, 5) is 18.9. The van der Waals surface area contributed by atoms with Crippen LogP contribution >= 0.6 is 0 Å². The number of anilines is 2. The lowest BCUT2D eigenvalue weighted by Crippen LogP contribution is -2.47. The van der Waals surface area contributed by atoms with Crippen molar-refractivity contribution in [1.29, 1.82) is 0 Å². The van der Waals surface area contributed by atoms with Crippen LogP contribution in [0.1, 0.15) is 25.8 Å². The van der Waals surface area contributed by atoms with E-state index in [0.717, 1.165) is 45.0 Å². The van der Waals surface area contributed by atoms with E-state index in [-0.39, 0.29) is 5.91 Å². The van der Waals surface area contributed by atoms with E-state index >= 15 is 0 Å². The van der Waals surface area contributed by atoms with Gasteiger partial charge in [-0.15, -0.1) is 0 Å². The number of nitrogens with one attached hydrogen (secondary N) is 1. The summed E-state index contributed by atoms with van der Waals surface area (Å²) in [6.45, 7) is 12.9. The normalized spacial score (nSPS) is 15.4. The van der Waals surface area contributed by atoms with Gasteiger partial charge in [0.2, 0.25) is 5.91 Å². The third-order valence-electron chi connectivity index (χ3n) is 4.85. The van der Waals surface area contributed by atoms with Crippen LogP contribution in [-0.2, 0) is 4.79 Å². The number of likely N-dealkylation sites (N-methyl/N-ethyl adjacent to an activating group) is 1. The largest absolute Gasteiger partial charge is 0.384 e. The van der Waals surface area contributed by atoms with E-state index in [1.807, 2.05) is 4.90 Å². The summed E-state index contributed by atoms with van der Waals surface area (Å²) >= 11 is 0. The number of nitrogens with zero attached hydrogens (tertiary/aromatic N) is 3. The smallest absolute Gasteiger partial charge is 0.224 e. The maximum Gasteiger partial charge on any atom is 0.224 e. The molecule has 1 N–H and O–H groups in total. The topological polar surface area (TPSA) is 38.8 Å². The minimum absolute atomic E-state index is 0.257. The van der Waals surface area contributed by atoms with Gasteiger partial charge in [0.15, 0.2) is 0 Å². The molecule has 1 saturated heterocycles. The fourth-order valence-electron chi connectivity index (χ4n) is 3.15. The Morgan fingerprint density at radius 2 is 1.83 bits per heavy atom. The molecule has 0 radical (unpaired) electrons. The summed E-state index contributed by atoms with van der Waals surface area (Å²) in [5.74, 6) is 0.257. The average molecular weight is 332 g/mol. The Bertz CT molecular complexity index is 534. The minimum atomic E-state index is 0.257. The summed E-state index contributed by atoms with van der Waals surface area (Å²) in [6, 6.07) is 6.51. The first-order valence-corrected chi connectivity index (χ1v) is 9.11. The number of hydrogen-bond donors (Lipinski definition) is 1. The highest BCUT2D eigenvalue weighted by atomic mass is 16.2.